The van der Waals surface area contributed by atoms with E-state index in [1.54, 1.807) is 0 Å². The van der Waals surface area contributed by atoms with E-state index in [4.69, 9.17) is 0 Å². The molecule has 0 spiro atoms. The third kappa shape index (κ3) is 4.26. The van der Waals surface area contributed by atoms with Gasteiger partial charge in [0, 0.05) is 12.0 Å². The lowest BCUT2D eigenvalue weighted by Gasteiger charge is -2.15. The Hall–Kier alpha value is -2.96. The average Bonchev–Trinajstić information content (AvgIpc) is 2.51. The molecule has 7 heteroatoms. The molecule has 1 amide bonds. The van der Waals surface area contributed by atoms with Gasteiger partial charge in [0.15, 0.2) is 11.6 Å². The van der Waals surface area contributed by atoms with Gasteiger partial charge in [0.1, 0.15) is 11.8 Å². The van der Waals surface area contributed by atoms with Gasteiger partial charge in [-0.15, -0.1) is 0 Å². The van der Waals surface area contributed by atoms with E-state index in [0.717, 1.165) is 12.1 Å². The van der Waals surface area contributed by atoms with Crippen molar-refractivity contribution in [2.45, 2.75) is 12.5 Å². The molecule has 120 valence electrons. The predicted molar refractivity (Wildman–Crippen MR) is 77.1 cm³/mol. The molecular weight excluding hydrogens is 308 g/mol. The first kappa shape index (κ1) is 16.4. The fourth-order valence-electron chi connectivity index (χ4n) is 1.95. The van der Waals surface area contributed by atoms with Crippen molar-refractivity contribution in [1.82, 2.24) is 5.32 Å². The zero-order valence-corrected chi connectivity index (χ0v) is 11.8. The van der Waals surface area contributed by atoms with Crippen molar-refractivity contribution in [3.05, 3.63) is 65.2 Å². The number of halogens is 2. The zero-order valence-electron chi connectivity index (χ0n) is 11.8. The molecule has 2 rings (SSSR count). The number of carbonyl (C=O) groups is 2. The second-order valence-electron chi connectivity index (χ2n) is 4.86. The number of amides is 1. The molecule has 3 N–H and O–H groups in total. The number of benzene rings is 2. The Morgan fingerprint density at radius 1 is 1.04 bits per heavy atom. The van der Waals surface area contributed by atoms with E-state index < -0.39 is 29.6 Å². The Morgan fingerprint density at radius 3 is 2.26 bits per heavy atom. The first-order chi connectivity index (χ1) is 10.9. The highest BCUT2D eigenvalue weighted by molar-refractivity contribution is 5.96. The molecule has 5 nitrogen and oxygen atoms in total. The average molecular weight is 321 g/mol. The van der Waals surface area contributed by atoms with Gasteiger partial charge in [-0.25, -0.2) is 13.6 Å². The van der Waals surface area contributed by atoms with Crippen molar-refractivity contribution in [1.29, 1.82) is 0 Å². The first-order valence-corrected chi connectivity index (χ1v) is 6.63. The molecule has 23 heavy (non-hydrogen) atoms. The van der Waals surface area contributed by atoms with Crippen molar-refractivity contribution < 1.29 is 28.6 Å². The minimum Gasteiger partial charge on any atom is -0.508 e. The smallest absolute Gasteiger partial charge is 0.326 e. The second-order valence-corrected chi connectivity index (χ2v) is 4.86. The molecule has 0 fully saturated rings. The maximum atomic E-state index is 13.1. The Morgan fingerprint density at radius 2 is 1.70 bits per heavy atom. The molecule has 0 aliphatic heterocycles. The minimum atomic E-state index is -1.27. The Bertz CT molecular complexity index is 731. The van der Waals surface area contributed by atoms with Gasteiger partial charge in [-0.3, -0.25) is 4.79 Å². The van der Waals surface area contributed by atoms with Crippen LogP contribution in [0.1, 0.15) is 15.9 Å². The molecule has 1 unspecified atom stereocenters. The van der Waals surface area contributed by atoms with E-state index in [0.29, 0.717) is 11.6 Å². The summed E-state index contributed by atoms with van der Waals surface area (Å²) in [5.74, 6) is -4.35. The fourth-order valence-corrected chi connectivity index (χ4v) is 1.95. The topological polar surface area (TPSA) is 86.6 Å². The van der Waals surface area contributed by atoms with Crippen LogP contribution in [0.3, 0.4) is 0 Å². The highest BCUT2D eigenvalue weighted by atomic mass is 19.2. The van der Waals surface area contributed by atoms with Gasteiger partial charge in [-0.05, 0) is 35.9 Å². The summed E-state index contributed by atoms with van der Waals surface area (Å²) in [6, 6.07) is 7.14. The standard InChI is InChI=1S/C16H13F2NO4/c17-12-6-3-10(8-13(12)18)15(21)19-14(16(22)23)7-9-1-4-11(20)5-2-9/h1-6,8,14,20H,7H2,(H,19,21)(H,22,23). The molecule has 2 aromatic rings. The Balaban J connectivity index is 2.12. The van der Waals surface area contributed by atoms with E-state index in [2.05, 4.69) is 5.32 Å². The molecule has 0 aliphatic carbocycles. The largest absolute Gasteiger partial charge is 0.508 e. The number of aromatic hydroxyl groups is 1. The number of nitrogens with one attached hydrogen (secondary N) is 1. The maximum absolute atomic E-state index is 13.1. The van der Waals surface area contributed by atoms with E-state index in [9.17, 15) is 28.6 Å². The van der Waals surface area contributed by atoms with Crippen LogP contribution in [0.15, 0.2) is 42.5 Å². The summed E-state index contributed by atoms with van der Waals surface area (Å²) in [5, 5.41) is 20.6. The lowest BCUT2D eigenvalue weighted by Crippen LogP contribution is -2.42. The number of hydrogen-bond donors (Lipinski definition) is 3. The van der Waals surface area contributed by atoms with Crippen LogP contribution in [0, 0.1) is 11.6 Å². The molecule has 0 heterocycles. The second kappa shape index (κ2) is 6.87. The SMILES string of the molecule is O=C(NC(Cc1ccc(O)cc1)C(=O)O)c1ccc(F)c(F)c1. The first-order valence-electron chi connectivity index (χ1n) is 6.63. The number of aliphatic carboxylic acids is 1. The summed E-state index contributed by atoms with van der Waals surface area (Å²) in [7, 11) is 0. The van der Waals surface area contributed by atoms with E-state index in [1.807, 2.05) is 0 Å². The van der Waals surface area contributed by atoms with Gasteiger partial charge in [0.2, 0.25) is 0 Å². The molecule has 1 atom stereocenters. The third-order valence-corrected chi connectivity index (χ3v) is 3.16. The van der Waals surface area contributed by atoms with Gasteiger partial charge >= 0.3 is 5.97 Å². The molecule has 2 aromatic carbocycles. The van der Waals surface area contributed by atoms with Gasteiger partial charge < -0.3 is 15.5 Å². The lowest BCUT2D eigenvalue weighted by atomic mass is 10.1. The van der Waals surface area contributed by atoms with E-state index in [-0.39, 0.29) is 17.7 Å². The number of phenolic OH excluding ortho intramolecular Hbond substituents is 1. The molecule has 0 saturated carbocycles. The summed E-state index contributed by atoms with van der Waals surface area (Å²) < 4.78 is 26.0. The fraction of sp³-hybridized carbons (Fsp3) is 0.125. The molecule has 0 bridgehead atoms. The van der Waals surface area contributed by atoms with Crippen LogP contribution in [0.25, 0.3) is 0 Å². The monoisotopic (exact) mass is 321 g/mol. The van der Waals surface area contributed by atoms with Crippen LogP contribution in [0.5, 0.6) is 5.75 Å². The van der Waals surface area contributed by atoms with Gasteiger partial charge in [-0.1, -0.05) is 12.1 Å². The van der Waals surface area contributed by atoms with Crippen molar-refractivity contribution in [2.75, 3.05) is 0 Å². The highest BCUT2D eigenvalue weighted by Gasteiger charge is 2.21. The molecular formula is C16H13F2NO4. The zero-order chi connectivity index (χ0) is 17.0. The summed E-state index contributed by atoms with van der Waals surface area (Å²) in [6.45, 7) is 0. The van der Waals surface area contributed by atoms with Crippen molar-refractivity contribution in [3.63, 3.8) is 0 Å². The van der Waals surface area contributed by atoms with Crippen molar-refractivity contribution in [3.8, 4) is 5.75 Å². The lowest BCUT2D eigenvalue weighted by molar-refractivity contribution is -0.139. The highest BCUT2D eigenvalue weighted by Crippen LogP contribution is 2.13. The molecule has 0 aliphatic rings. The van der Waals surface area contributed by atoms with E-state index >= 15 is 0 Å². The molecule has 0 aromatic heterocycles. The van der Waals surface area contributed by atoms with Crippen LogP contribution in [0.4, 0.5) is 8.78 Å². The number of hydrogen-bond acceptors (Lipinski definition) is 3. The van der Waals surface area contributed by atoms with E-state index in [1.165, 1.54) is 24.3 Å². The number of phenols is 1. The number of carboxylic acids is 1. The van der Waals surface area contributed by atoms with Gasteiger partial charge in [0.25, 0.3) is 5.91 Å². The normalized spacial score (nSPS) is 11.7. The summed E-state index contributed by atoms with van der Waals surface area (Å²) >= 11 is 0. The van der Waals surface area contributed by atoms with Gasteiger partial charge in [0.05, 0.1) is 0 Å². The van der Waals surface area contributed by atoms with Crippen LogP contribution >= 0.6 is 0 Å². The van der Waals surface area contributed by atoms with Crippen molar-refractivity contribution in [2.24, 2.45) is 0 Å². The minimum absolute atomic E-state index is 0.0228. The van der Waals surface area contributed by atoms with Crippen LogP contribution in [0.2, 0.25) is 0 Å². The van der Waals surface area contributed by atoms with Crippen LogP contribution < -0.4 is 5.32 Å². The summed E-state index contributed by atoms with van der Waals surface area (Å²) in [6.07, 6.45) is -0.0228. The molecule has 0 radical (unpaired) electrons. The van der Waals surface area contributed by atoms with Crippen molar-refractivity contribution >= 4 is 11.9 Å². The van der Waals surface area contributed by atoms with Gasteiger partial charge in [-0.2, -0.15) is 0 Å². The Labute approximate surface area is 130 Å². The quantitative estimate of drug-likeness (QED) is 0.787. The van der Waals surface area contributed by atoms with Crippen LogP contribution in [-0.4, -0.2) is 28.1 Å². The summed E-state index contributed by atoms with van der Waals surface area (Å²) in [5.41, 5.74) is 0.404. The Kier molecular flexibility index (Phi) is 4.90. The molecule has 0 saturated heterocycles. The van der Waals surface area contributed by atoms with Crippen LogP contribution in [-0.2, 0) is 11.2 Å². The summed E-state index contributed by atoms with van der Waals surface area (Å²) in [4.78, 5) is 23.2. The number of rotatable bonds is 5. The number of carboxylic acid groups (broad SMARTS) is 1. The predicted octanol–water partition coefficient (Wildman–Crippen LogP) is 2.10. The third-order valence-electron chi connectivity index (χ3n) is 3.16. The maximum Gasteiger partial charge on any atom is 0.326 e. The number of carbonyl (C=O) groups excluding carboxylic acids is 1.